The van der Waals surface area contributed by atoms with E-state index in [1.54, 1.807) is 31.2 Å². The normalized spacial score (nSPS) is 15.6. The van der Waals surface area contributed by atoms with Crippen LogP contribution in [-0.2, 0) is 25.2 Å². The molecule has 8 heteroatoms. The molecule has 0 aromatic heterocycles. The van der Waals surface area contributed by atoms with Crippen molar-refractivity contribution in [2.45, 2.75) is 65.0 Å². The zero-order valence-electron chi connectivity index (χ0n) is 20.7. The fourth-order valence-electron chi connectivity index (χ4n) is 4.21. The molecular formula is C27H35N3O4S. The van der Waals surface area contributed by atoms with Gasteiger partial charge in [-0.05, 0) is 57.9 Å². The Bertz CT molecular complexity index is 1050. The SMILES string of the molecule is Cc1ccc(NC(=O)C[S@](=O)CC(=O)N(c2ccc(C)cc2)[C@H](C)C(=O)NC2CCCCC2)cc1. The number of amides is 3. The Morgan fingerprint density at radius 1 is 0.914 bits per heavy atom. The van der Waals surface area contributed by atoms with Crippen LogP contribution in [0.4, 0.5) is 11.4 Å². The van der Waals surface area contributed by atoms with Gasteiger partial charge in [0.1, 0.15) is 17.5 Å². The molecule has 0 unspecified atom stereocenters. The molecule has 0 spiro atoms. The first-order valence-corrected chi connectivity index (χ1v) is 13.6. The van der Waals surface area contributed by atoms with Gasteiger partial charge in [-0.1, -0.05) is 54.7 Å². The molecule has 1 aliphatic carbocycles. The summed E-state index contributed by atoms with van der Waals surface area (Å²) in [6.45, 7) is 5.57. The summed E-state index contributed by atoms with van der Waals surface area (Å²) in [7, 11) is -1.73. The van der Waals surface area contributed by atoms with Gasteiger partial charge in [0.25, 0.3) is 0 Å². The van der Waals surface area contributed by atoms with Crippen LogP contribution in [0.2, 0.25) is 0 Å². The van der Waals surface area contributed by atoms with E-state index in [9.17, 15) is 18.6 Å². The largest absolute Gasteiger partial charge is 0.352 e. The zero-order valence-corrected chi connectivity index (χ0v) is 21.5. The van der Waals surface area contributed by atoms with Gasteiger partial charge in [0.05, 0.1) is 0 Å². The average Bonchev–Trinajstić information content (AvgIpc) is 2.82. The van der Waals surface area contributed by atoms with Crippen molar-refractivity contribution < 1.29 is 18.6 Å². The first kappa shape index (κ1) is 26.6. The fraction of sp³-hybridized carbons (Fsp3) is 0.444. The highest BCUT2D eigenvalue weighted by Crippen LogP contribution is 2.21. The van der Waals surface area contributed by atoms with Crippen LogP contribution < -0.4 is 15.5 Å². The van der Waals surface area contributed by atoms with E-state index >= 15 is 0 Å². The van der Waals surface area contributed by atoms with Crippen molar-refractivity contribution in [1.82, 2.24) is 5.32 Å². The van der Waals surface area contributed by atoms with Gasteiger partial charge in [-0.2, -0.15) is 0 Å². The lowest BCUT2D eigenvalue weighted by atomic mass is 9.95. The molecule has 2 atom stereocenters. The van der Waals surface area contributed by atoms with Crippen LogP contribution in [-0.4, -0.2) is 45.5 Å². The van der Waals surface area contributed by atoms with E-state index in [-0.39, 0.29) is 23.5 Å². The van der Waals surface area contributed by atoms with Gasteiger partial charge >= 0.3 is 0 Å². The van der Waals surface area contributed by atoms with Crippen molar-refractivity contribution in [3.8, 4) is 0 Å². The van der Waals surface area contributed by atoms with Gasteiger partial charge in [-0.25, -0.2) is 0 Å². The molecular weight excluding hydrogens is 462 g/mol. The molecule has 35 heavy (non-hydrogen) atoms. The van der Waals surface area contributed by atoms with Crippen LogP contribution in [0.3, 0.4) is 0 Å². The molecule has 3 amide bonds. The lowest BCUT2D eigenvalue weighted by Gasteiger charge is -2.31. The minimum atomic E-state index is -1.73. The summed E-state index contributed by atoms with van der Waals surface area (Å²) in [5.41, 5.74) is 3.26. The molecule has 0 saturated heterocycles. The highest BCUT2D eigenvalue weighted by atomic mass is 32.2. The van der Waals surface area contributed by atoms with Gasteiger partial charge in [0, 0.05) is 28.2 Å². The maximum absolute atomic E-state index is 13.3. The number of anilines is 2. The molecule has 0 heterocycles. The van der Waals surface area contributed by atoms with Crippen molar-refractivity contribution >= 4 is 39.9 Å². The molecule has 2 N–H and O–H groups in total. The molecule has 1 saturated carbocycles. The number of benzene rings is 2. The second-order valence-electron chi connectivity index (χ2n) is 9.26. The summed E-state index contributed by atoms with van der Waals surface area (Å²) in [4.78, 5) is 40.1. The highest BCUT2D eigenvalue weighted by Gasteiger charge is 2.30. The van der Waals surface area contributed by atoms with E-state index in [4.69, 9.17) is 0 Å². The third-order valence-electron chi connectivity index (χ3n) is 6.21. The number of nitrogens with one attached hydrogen (secondary N) is 2. The third kappa shape index (κ3) is 8.02. The number of rotatable bonds is 9. The van der Waals surface area contributed by atoms with Gasteiger partial charge in [0.15, 0.2) is 0 Å². The second-order valence-corrected chi connectivity index (χ2v) is 10.7. The Labute approximate surface area is 210 Å². The number of hydrogen-bond acceptors (Lipinski definition) is 4. The van der Waals surface area contributed by atoms with E-state index < -0.39 is 28.7 Å². The van der Waals surface area contributed by atoms with Crippen molar-refractivity contribution in [2.24, 2.45) is 0 Å². The Hall–Kier alpha value is -3.00. The van der Waals surface area contributed by atoms with Gasteiger partial charge in [-0.15, -0.1) is 0 Å². The van der Waals surface area contributed by atoms with Gasteiger partial charge in [0.2, 0.25) is 17.7 Å². The average molecular weight is 498 g/mol. The fourth-order valence-corrected chi connectivity index (χ4v) is 5.09. The number of carbonyl (C=O) groups excluding carboxylic acids is 3. The van der Waals surface area contributed by atoms with Crippen LogP contribution in [0.25, 0.3) is 0 Å². The summed E-state index contributed by atoms with van der Waals surface area (Å²) in [6.07, 6.45) is 5.24. The Balaban J connectivity index is 1.66. The van der Waals surface area contributed by atoms with E-state index in [1.165, 1.54) is 11.3 Å². The molecule has 0 bridgehead atoms. The standard InChI is InChI=1S/C27H35N3O4S/c1-19-9-13-23(14-10-19)28-25(31)17-35(34)18-26(32)30(24-15-11-20(2)12-16-24)21(3)27(33)29-22-7-5-4-6-8-22/h9-16,21-22H,4-8,17-18H2,1-3H3,(H,28,31)(H,29,33)/t21-,35+/m1/s1. The van der Waals surface area contributed by atoms with E-state index in [1.807, 2.05) is 38.1 Å². The second kappa shape index (κ2) is 12.6. The Kier molecular flexibility index (Phi) is 9.60. The van der Waals surface area contributed by atoms with Gasteiger partial charge in [-0.3, -0.25) is 23.5 Å². The number of carbonyl (C=O) groups is 3. The quantitative estimate of drug-likeness (QED) is 0.550. The molecule has 2 aromatic carbocycles. The van der Waals surface area contributed by atoms with E-state index in [2.05, 4.69) is 10.6 Å². The number of hydrogen-bond donors (Lipinski definition) is 2. The Morgan fingerprint density at radius 3 is 2.09 bits per heavy atom. The van der Waals surface area contributed by atoms with Crippen LogP contribution in [0, 0.1) is 13.8 Å². The van der Waals surface area contributed by atoms with Crippen LogP contribution >= 0.6 is 0 Å². The first-order chi connectivity index (χ1) is 16.7. The van der Waals surface area contributed by atoms with Crippen molar-refractivity contribution in [2.75, 3.05) is 21.7 Å². The molecule has 0 radical (unpaired) electrons. The lowest BCUT2D eigenvalue weighted by molar-refractivity contribution is -0.126. The first-order valence-electron chi connectivity index (χ1n) is 12.1. The van der Waals surface area contributed by atoms with Crippen molar-refractivity contribution in [3.05, 3.63) is 59.7 Å². The number of nitrogens with zero attached hydrogens (tertiary/aromatic N) is 1. The smallest absolute Gasteiger partial charge is 0.243 e. The van der Waals surface area contributed by atoms with Crippen LogP contribution in [0.1, 0.15) is 50.2 Å². The maximum atomic E-state index is 13.3. The van der Waals surface area contributed by atoms with Crippen LogP contribution in [0.15, 0.2) is 48.5 Å². The minimum Gasteiger partial charge on any atom is -0.352 e. The molecule has 0 aliphatic heterocycles. The summed E-state index contributed by atoms with van der Waals surface area (Å²) in [5, 5.41) is 5.78. The lowest BCUT2D eigenvalue weighted by Crippen LogP contribution is -2.52. The highest BCUT2D eigenvalue weighted by molar-refractivity contribution is 7.86. The molecule has 1 aliphatic rings. The molecule has 7 nitrogen and oxygen atoms in total. The minimum absolute atomic E-state index is 0.119. The van der Waals surface area contributed by atoms with Crippen molar-refractivity contribution in [3.63, 3.8) is 0 Å². The van der Waals surface area contributed by atoms with Crippen LogP contribution in [0.5, 0.6) is 0 Å². The molecule has 3 rings (SSSR count). The summed E-state index contributed by atoms with van der Waals surface area (Å²) >= 11 is 0. The monoisotopic (exact) mass is 497 g/mol. The maximum Gasteiger partial charge on any atom is 0.243 e. The predicted molar refractivity (Wildman–Crippen MR) is 141 cm³/mol. The van der Waals surface area contributed by atoms with E-state index in [0.717, 1.165) is 36.8 Å². The van der Waals surface area contributed by atoms with Crippen molar-refractivity contribution in [1.29, 1.82) is 0 Å². The third-order valence-corrected chi connectivity index (χ3v) is 7.36. The molecule has 1 fully saturated rings. The molecule has 2 aromatic rings. The predicted octanol–water partition coefficient (Wildman–Crippen LogP) is 3.86. The topological polar surface area (TPSA) is 95.6 Å². The molecule has 188 valence electrons. The zero-order chi connectivity index (χ0) is 25.4. The number of aryl methyl sites for hydroxylation is 2. The van der Waals surface area contributed by atoms with Gasteiger partial charge < -0.3 is 10.6 Å². The summed E-state index contributed by atoms with van der Waals surface area (Å²) < 4.78 is 12.7. The Morgan fingerprint density at radius 2 is 1.49 bits per heavy atom. The van der Waals surface area contributed by atoms with E-state index in [0.29, 0.717) is 11.4 Å². The summed E-state index contributed by atoms with van der Waals surface area (Å²) in [6, 6.07) is 13.9. The summed E-state index contributed by atoms with van der Waals surface area (Å²) in [5.74, 6) is -1.76.